The maximum atomic E-state index is 6.24. The summed E-state index contributed by atoms with van der Waals surface area (Å²) in [5.41, 5.74) is 7.57. The summed E-state index contributed by atoms with van der Waals surface area (Å²) in [6, 6.07) is 10.7. The second kappa shape index (κ2) is 5.63. The number of rotatable bonds is 2. The van der Waals surface area contributed by atoms with Gasteiger partial charge in [-0.15, -0.1) is 5.10 Å². The molecule has 0 aliphatic carbocycles. The molecule has 0 saturated heterocycles. The molecule has 0 spiro atoms. The summed E-state index contributed by atoms with van der Waals surface area (Å²) < 4.78 is 2.38. The van der Waals surface area contributed by atoms with Crippen molar-refractivity contribution in [1.29, 1.82) is 0 Å². The Morgan fingerprint density at radius 2 is 1.95 bits per heavy atom. The number of nitrogen functional groups attached to an aromatic ring is 1. The lowest BCUT2D eigenvalue weighted by molar-refractivity contribution is 0.791. The molecule has 0 radical (unpaired) electrons. The average molecular weight is 385 g/mol. The third-order valence-corrected chi connectivity index (χ3v) is 4.11. The molecule has 3 rings (SSSR count). The van der Waals surface area contributed by atoms with E-state index in [1.54, 1.807) is 24.3 Å². The predicted octanol–water partition coefficient (Wildman–Crippen LogP) is 3.98. The fraction of sp³-hybridized carbons (Fsp3) is 0. The largest absolute Gasteiger partial charge is 0.398 e. The van der Waals surface area contributed by atoms with Gasteiger partial charge in [-0.25, -0.2) is 0 Å². The first-order valence-corrected chi connectivity index (χ1v) is 7.41. The fourth-order valence-electron chi connectivity index (χ4n) is 1.89. The Hall–Kier alpha value is -1.63. The molecular formula is C13H8BrCl2N5. The normalized spacial score (nSPS) is 10.8. The van der Waals surface area contributed by atoms with Crippen molar-refractivity contribution >= 4 is 44.8 Å². The van der Waals surface area contributed by atoms with Gasteiger partial charge >= 0.3 is 0 Å². The van der Waals surface area contributed by atoms with Crippen LogP contribution in [0.4, 0.5) is 5.69 Å². The van der Waals surface area contributed by atoms with Gasteiger partial charge in [-0.2, -0.15) is 4.68 Å². The monoisotopic (exact) mass is 383 g/mol. The zero-order chi connectivity index (χ0) is 15.0. The highest BCUT2D eigenvalue weighted by Gasteiger charge is 2.17. The van der Waals surface area contributed by atoms with Crippen LogP contribution >= 0.6 is 39.1 Å². The third kappa shape index (κ3) is 2.62. The topological polar surface area (TPSA) is 69.6 Å². The van der Waals surface area contributed by atoms with E-state index in [-0.39, 0.29) is 0 Å². The highest BCUT2D eigenvalue weighted by molar-refractivity contribution is 9.10. The molecule has 8 heteroatoms. The number of hydrogen-bond donors (Lipinski definition) is 1. The second-order valence-electron chi connectivity index (χ2n) is 4.22. The Labute approximate surface area is 138 Å². The first kappa shape index (κ1) is 14.3. The summed E-state index contributed by atoms with van der Waals surface area (Å²) in [4.78, 5) is 0. The molecule has 2 aromatic carbocycles. The second-order valence-corrected chi connectivity index (χ2v) is 5.92. The number of aromatic nitrogens is 4. The van der Waals surface area contributed by atoms with Crippen LogP contribution in [0.1, 0.15) is 0 Å². The lowest BCUT2D eigenvalue weighted by Crippen LogP contribution is -2.02. The van der Waals surface area contributed by atoms with E-state index in [0.717, 1.165) is 4.47 Å². The standard InChI is InChI=1S/C13H8BrCl2N5/c14-7-4-5-9(15)11(6-7)21-13(18-19-20-21)8-2-1-3-10(17)12(8)16/h1-6H,17H2. The van der Waals surface area contributed by atoms with Crippen molar-refractivity contribution in [2.24, 2.45) is 0 Å². The Morgan fingerprint density at radius 1 is 1.14 bits per heavy atom. The van der Waals surface area contributed by atoms with Gasteiger partial charge in [0.2, 0.25) is 0 Å². The molecule has 2 N–H and O–H groups in total. The summed E-state index contributed by atoms with van der Waals surface area (Å²) in [6.45, 7) is 0. The van der Waals surface area contributed by atoms with Crippen LogP contribution in [0, 0.1) is 0 Å². The number of nitrogens with two attached hydrogens (primary N) is 1. The van der Waals surface area contributed by atoms with Crippen LogP contribution in [-0.4, -0.2) is 20.2 Å². The average Bonchev–Trinajstić information content (AvgIpc) is 2.93. The van der Waals surface area contributed by atoms with E-state index in [1.807, 2.05) is 12.1 Å². The molecule has 106 valence electrons. The van der Waals surface area contributed by atoms with Crippen LogP contribution in [0.15, 0.2) is 40.9 Å². The molecule has 0 fully saturated rings. The van der Waals surface area contributed by atoms with Crippen molar-refractivity contribution in [3.8, 4) is 17.1 Å². The molecule has 0 amide bonds. The van der Waals surface area contributed by atoms with Gasteiger partial charge in [0.1, 0.15) is 0 Å². The van der Waals surface area contributed by atoms with Crippen LogP contribution in [0.25, 0.3) is 17.1 Å². The molecule has 0 saturated carbocycles. The lowest BCUT2D eigenvalue weighted by Gasteiger charge is -2.09. The maximum absolute atomic E-state index is 6.24. The molecule has 0 aliphatic heterocycles. The van der Waals surface area contributed by atoms with Crippen LogP contribution in [0.2, 0.25) is 10.0 Å². The molecule has 1 heterocycles. The van der Waals surface area contributed by atoms with Gasteiger partial charge in [-0.05, 0) is 40.8 Å². The highest BCUT2D eigenvalue weighted by atomic mass is 79.9. The van der Waals surface area contributed by atoms with E-state index < -0.39 is 0 Å². The molecule has 0 atom stereocenters. The number of nitrogens with zero attached hydrogens (tertiary/aromatic N) is 4. The zero-order valence-corrected chi connectivity index (χ0v) is 13.6. The van der Waals surface area contributed by atoms with Gasteiger partial charge in [0, 0.05) is 10.0 Å². The van der Waals surface area contributed by atoms with E-state index >= 15 is 0 Å². The van der Waals surface area contributed by atoms with Crippen molar-refractivity contribution in [2.75, 3.05) is 5.73 Å². The maximum Gasteiger partial charge on any atom is 0.188 e. The van der Waals surface area contributed by atoms with Crippen LogP contribution in [0.5, 0.6) is 0 Å². The Kier molecular flexibility index (Phi) is 3.84. The van der Waals surface area contributed by atoms with E-state index in [2.05, 4.69) is 31.5 Å². The number of tetrazole rings is 1. The minimum Gasteiger partial charge on any atom is -0.398 e. The first-order chi connectivity index (χ1) is 10.1. The van der Waals surface area contributed by atoms with Gasteiger partial charge < -0.3 is 5.73 Å². The Balaban J connectivity index is 2.22. The number of benzene rings is 2. The lowest BCUT2D eigenvalue weighted by atomic mass is 10.2. The highest BCUT2D eigenvalue weighted by Crippen LogP contribution is 2.33. The fourth-order valence-corrected chi connectivity index (χ4v) is 2.65. The van der Waals surface area contributed by atoms with Crippen molar-refractivity contribution < 1.29 is 0 Å². The SMILES string of the molecule is Nc1cccc(-c2nnnn2-c2cc(Br)ccc2Cl)c1Cl. The minimum atomic E-state index is 0.402. The van der Waals surface area contributed by atoms with Crippen molar-refractivity contribution in [3.05, 3.63) is 50.9 Å². The van der Waals surface area contributed by atoms with E-state index in [9.17, 15) is 0 Å². The van der Waals surface area contributed by atoms with E-state index in [1.165, 1.54) is 4.68 Å². The first-order valence-electron chi connectivity index (χ1n) is 5.86. The predicted molar refractivity (Wildman–Crippen MR) is 86.7 cm³/mol. The molecule has 5 nitrogen and oxygen atoms in total. The molecule has 3 aromatic rings. The molecule has 21 heavy (non-hydrogen) atoms. The molecule has 1 aromatic heterocycles. The third-order valence-electron chi connectivity index (χ3n) is 2.88. The van der Waals surface area contributed by atoms with Gasteiger partial charge in [-0.1, -0.05) is 45.2 Å². The summed E-state index contributed by atoms with van der Waals surface area (Å²) in [5, 5.41) is 12.6. The molecule has 0 bridgehead atoms. The zero-order valence-electron chi connectivity index (χ0n) is 10.5. The number of halogens is 3. The van der Waals surface area contributed by atoms with Gasteiger partial charge in [-0.3, -0.25) is 0 Å². The summed E-state index contributed by atoms with van der Waals surface area (Å²) in [5.74, 6) is 0.465. The van der Waals surface area contributed by atoms with E-state index in [0.29, 0.717) is 32.8 Å². The summed E-state index contributed by atoms with van der Waals surface area (Å²) >= 11 is 15.9. The molecule has 0 unspecified atom stereocenters. The van der Waals surface area contributed by atoms with Crippen LogP contribution < -0.4 is 5.73 Å². The smallest absolute Gasteiger partial charge is 0.188 e. The minimum absolute atomic E-state index is 0.402. The van der Waals surface area contributed by atoms with Crippen molar-refractivity contribution in [2.45, 2.75) is 0 Å². The summed E-state index contributed by atoms with van der Waals surface area (Å²) in [7, 11) is 0. The van der Waals surface area contributed by atoms with Gasteiger partial charge in [0.05, 0.1) is 21.4 Å². The van der Waals surface area contributed by atoms with Crippen LogP contribution in [-0.2, 0) is 0 Å². The Bertz CT molecular complexity index is 802. The molecule has 0 aliphatic rings. The summed E-state index contributed by atoms with van der Waals surface area (Å²) in [6.07, 6.45) is 0. The number of anilines is 1. The van der Waals surface area contributed by atoms with Crippen LogP contribution in [0.3, 0.4) is 0 Å². The molecular weight excluding hydrogens is 377 g/mol. The van der Waals surface area contributed by atoms with Gasteiger partial charge in [0.25, 0.3) is 0 Å². The van der Waals surface area contributed by atoms with Crippen molar-refractivity contribution in [1.82, 2.24) is 20.2 Å². The van der Waals surface area contributed by atoms with Gasteiger partial charge in [0.15, 0.2) is 5.82 Å². The Morgan fingerprint density at radius 3 is 2.76 bits per heavy atom. The quantitative estimate of drug-likeness (QED) is 0.678. The van der Waals surface area contributed by atoms with E-state index in [4.69, 9.17) is 28.9 Å². The number of hydrogen-bond acceptors (Lipinski definition) is 4. The van der Waals surface area contributed by atoms with Crippen molar-refractivity contribution in [3.63, 3.8) is 0 Å².